The zero-order valence-corrected chi connectivity index (χ0v) is 13.5. The molecule has 6 nitrogen and oxygen atoms in total. The van der Waals surface area contributed by atoms with Gasteiger partial charge in [0.05, 0.1) is 22.6 Å². The maximum Gasteiger partial charge on any atom is 0.268 e. The van der Waals surface area contributed by atoms with Crippen molar-refractivity contribution in [3.05, 3.63) is 33.9 Å². The van der Waals surface area contributed by atoms with Gasteiger partial charge >= 0.3 is 0 Å². The molecule has 22 heavy (non-hydrogen) atoms. The highest BCUT2D eigenvalue weighted by atomic mass is 32.1. The van der Waals surface area contributed by atoms with Gasteiger partial charge in [-0.05, 0) is 26.0 Å². The van der Waals surface area contributed by atoms with Crippen molar-refractivity contribution in [3.8, 4) is 0 Å². The molecular formula is C15H19N5OS. The zero-order chi connectivity index (χ0) is 15.5. The number of nitrogens with zero attached hydrogens (tertiary/aromatic N) is 3. The van der Waals surface area contributed by atoms with Crippen molar-refractivity contribution in [1.82, 2.24) is 15.3 Å². The van der Waals surface area contributed by atoms with E-state index in [1.807, 2.05) is 32.2 Å². The molecular weight excluding hydrogens is 298 g/mol. The summed E-state index contributed by atoms with van der Waals surface area (Å²) in [6.07, 6.45) is 1.81. The van der Waals surface area contributed by atoms with E-state index < -0.39 is 0 Å². The molecule has 3 rings (SSSR count). The summed E-state index contributed by atoms with van der Waals surface area (Å²) in [5.41, 5.74) is 1.85. The van der Waals surface area contributed by atoms with Gasteiger partial charge in [-0.15, -0.1) is 11.3 Å². The van der Waals surface area contributed by atoms with Crippen molar-refractivity contribution >= 4 is 28.7 Å². The Balaban J connectivity index is 1.68. The lowest BCUT2D eigenvalue weighted by Crippen LogP contribution is -2.43. The fourth-order valence-corrected chi connectivity index (χ4v) is 3.30. The molecule has 0 bridgehead atoms. The predicted octanol–water partition coefficient (Wildman–Crippen LogP) is 1.82. The molecule has 1 amide bonds. The van der Waals surface area contributed by atoms with Crippen LogP contribution in [0.4, 0.5) is 11.5 Å². The van der Waals surface area contributed by atoms with Crippen LogP contribution in [0, 0.1) is 13.8 Å². The largest absolute Gasteiger partial charge is 0.368 e. The van der Waals surface area contributed by atoms with Gasteiger partial charge in [0, 0.05) is 26.2 Å². The Hall–Kier alpha value is -1.99. The third-order valence-corrected chi connectivity index (χ3v) is 4.65. The molecule has 2 N–H and O–H groups in total. The Bertz CT molecular complexity index is 661. The third-order valence-electron chi connectivity index (χ3n) is 3.58. The minimum absolute atomic E-state index is 0.148. The van der Waals surface area contributed by atoms with Crippen molar-refractivity contribution in [1.29, 1.82) is 0 Å². The Kier molecular flexibility index (Phi) is 4.35. The lowest BCUT2D eigenvalue weighted by Gasteiger charge is -2.29. The standard InChI is InChI=1S/C15H19N5OS/c1-10-14(22-11(2)18-10)15(21)19-13-4-3-12(9-17-13)20-7-5-16-6-8-20/h3-4,9,16H,5-8H2,1-2H3,(H,17,19,21). The maximum absolute atomic E-state index is 12.2. The molecule has 1 fully saturated rings. The lowest BCUT2D eigenvalue weighted by molar-refractivity contribution is 0.102. The van der Waals surface area contributed by atoms with Crippen molar-refractivity contribution in [2.45, 2.75) is 13.8 Å². The number of piperazine rings is 1. The summed E-state index contributed by atoms with van der Waals surface area (Å²) in [7, 11) is 0. The van der Waals surface area contributed by atoms with Crippen LogP contribution in [0.1, 0.15) is 20.4 Å². The van der Waals surface area contributed by atoms with E-state index in [0.717, 1.165) is 42.6 Å². The number of thiazole rings is 1. The fourth-order valence-electron chi connectivity index (χ4n) is 2.49. The first-order valence-electron chi connectivity index (χ1n) is 7.30. The van der Waals surface area contributed by atoms with Gasteiger partial charge in [-0.3, -0.25) is 4.79 Å². The van der Waals surface area contributed by atoms with Crippen molar-refractivity contribution in [3.63, 3.8) is 0 Å². The minimum Gasteiger partial charge on any atom is -0.368 e. The van der Waals surface area contributed by atoms with Gasteiger partial charge < -0.3 is 15.5 Å². The molecule has 0 saturated carbocycles. The number of pyridine rings is 1. The normalized spacial score (nSPS) is 14.9. The van der Waals surface area contributed by atoms with Gasteiger partial charge in [-0.1, -0.05) is 0 Å². The highest BCUT2D eigenvalue weighted by molar-refractivity contribution is 7.13. The fraction of sp³-hybridized carbons (Fsp3) is 0.400. The van der Waals surface area contributed by atoms with E-state index in [-0.39, 0.29) is 5.91 Å². The van der Waals surface area contributed by atoms with Gasteiger partial charge in [-0.25, -0.2) is 9.97 Å². The van der Waals surface area contributed by atoms with Gasteiger partial charge in [-0.2, -0.15) is 0 Å². The number of carbonyl (C=O) groups is 1. The molecule has 1 saturated heterocycles. The quantitative estimate of drug-likeness (QED) is 0.903. The van der Waals surface area contributed by atoms with E-state index in [1.165, 1.54) is 11.3 Å². The van der Waals surface area contributed by atoms with Crippen LogP contribution in [0.15, 0.2) is 18.3 Å². The average molecular weight is 317 g/mol. The Morgan fingerprint density at radius 3 is 2.68 bits per heavy atom. The van der Waals surface area contributed by atoms with E-state index in [0.29, 0.717) is 10.7 Å². The topological polar surface area (TPSA) is 70.2 Å². The van der Waals surface area contributed by atoms with E-state index >= 15 is 0 Å². The van der Waals surface area contributed by atoms with E-state index in [4.69, 9.17) is 0 Å². The maximum atomic E-state index is 12.2. The summed E-state index contributed by atoms with van der Waals surface area (Å²) in [4.78, 5) is 23.8. The zero-order valence-electron chi connectivity index (χ0n) is 12.7. The first kappa shape index (κ1) is 14.9. The second-order valence-corrected chi connectivity index (χ2v) is 6.44. The molecule has 116 valence electrons. The van der Waals surface area contributed by atoms with Gasteiger partial charge in [0.2, 0.25) is 0 Å². The highest BCUT2D eigenvalue weighted by Crippen LogP contribution is 2.20. The molecule has 3 heterocycles. The van der Waals surface area contributed by atoms with Crippen LogP contribution >= 0.6 is 11.3 Å². The molecule has 0 radical (unpaired) electrons. The number of rotatable bonds is 3. The molecule has 0 spiro atoms. The average Bonchev–Trinajstić information content (AvgIpc) is 2.88. The van der Waals surface area contributed by atoms with E-state index in [2.05, 4.69) is 25.5 Å². The monoisotopic (exact) mass is 317 g/mol. The lowest BCUT2D eigenvalue weighted by atomic mass is 10.3. The number of amides is 1. The number of aromatic nitrogens is 2. The van der Waals surface area contributed by atoms with Crippen LogP contribution in [0.5, 0.6) is 0 Å². The van der Waals surface area contributed by atoms with Crippen molar-refractivity contribution in [2.24, 2.45) is 0 Å². The van der Waals surface area contributed by atoms with Crippen LogP contribution in [0.3, 0.4) is 0 Å². The smallest absolute Gasteiger partial charge is 0.268 e. The summed E-state index contributed by atoms with van der Waals surface area (Å²) >= 11 is 1.40. The van der Waals surface area contributed by atoms with Crippen molar-refractivity contribution < 1.29 is 4.79 Å². The summed E-state index contributed by atoms with van der Waals surface area (Å²) in [6, 6.07) is 3.84. The summed E-state index contributed by atoms with van der Waals surface area (Å²) in [5, 5.41) is 7.05. The molecule has 0 unspecified atom stereocenters. The second-order valence-electron chi connectivity index (χ2n) is 5.24. The number of aryl methyl sites for hydroxylation is 2. The number of anilines is 2. The number of nitrogens with one attached hydrogen (secondary N) is 2. The molecule has 0 aromatic carbocycles. The number of hydrogen-bond acceptors (Lipinski definition) is 6. The summed E-state index contributed by atoms with van der Waals surface area (Å²) in [5.74, 6) is 0.417. The van der Waals surface area contributed by atoms with E-state index in [1.54, 1.807) is 0 Å². The van der Waals surface area contributed by atoms with E-state index in [9.17, 15) is 4.79 Å². The first-order valence-corrected chi connectivity index (χ1v) is 8.12. The Morgan fingerprint density at radius 1 is 1.32 bits per heavy atom. The highest BCUT2D eigenvalue weighted by Gasteiger charge is 2.15. The molecule has 7 heteroatoms. The Morgan fingerprint density at radius 2 is 2.09 bits per heavy atom. The molecule has 2 aromatic rings. The van der Waals surface area contributed by atoms with Gasteiger partial charge in [0.25, 0.3) is 5.91 Å². The third kappa shape index (κ3) is 3.26. The van der Waals surface area contributed by atoms with Gasteiger partial charge in [0.1, 0.15) is 10.7 Å². The van der Waals surface area contributed by atoms with Crippen LogP contribution in [-0.4, -0.2) is 42.1 Å². The molecule has 2 aromatic heterocycles. The summed E-state index contributed by atoms with van der Waals surface area (Å²) in [6.45, 7) is 7.68. The minimum atomic E-state index is -0.148. The molecule has 0 atom stereocenters. The SMILES string of the molecule is Cc1nc(C)c(C(=O)Nc2ccc(N3CCNCC3)cn2)s1. The van der Waals surface area contributed by atoms with Crippen LogP contribution in [-0.2, 0) is 0 Å². The summed E-state index contributed by atoms with van der Waals surface area (Å²) < 4.78 is 0. The molecule has 1 aliphatic heterocycles. The molecule has 0 aliphatic carbocycles. The predicted molar refractivity (Wildman–Crippen MR) is 88.9 cm³/mol. The van der Waals surface area contributed by atoms with Crippen LogP contribution in [0.25, 0.3) is 0 Å². The van der Waals surface area contributed by atoms with Crippen molar-refractivity contribution in [2.75, 3.05) is 36.4 Å². The number of hydrogen-bond donors (Lipinski definition) is 2. The second kappa shape index (κ2) is 6.41. The van der Waals surface area contributed by atoms with Gasteiger partial charge in [0.15, 0.2) is 0 Å². The van der Waals surface area contributed by atoms with Crippen LogP contribution < -0.4 is 15.5 Å². The number of carbonyl (C=O) groups excluding carboxylic acids is 1. The van der Waals surface area contributed by atoms with Crippen LogP contribution in [0.2, 0.25) is 0 Å². The first-order chi connectivity index (χ1) is 10.6. The molecule has 1 aliphatic rings. The Labute approximate surface area is 133 Å².